The van der Waals surface area contributed by atoms with Crippen LogP contribution in [0.25, 0.3) is 0 Å². The first kappa shape index (κ1) is 11.8. The van der Waals surface area contributed by atoms with E-state index < -0.39 is 0 Å². The Hall–Kier alpha value is -1.25. The lowest BCUT2D eigenvalue weighted by Crippen LogP contribution is -2.16. The van der Waals surface area contributed by atoms with Crippen molar-refractivity contribution >= 4 is 5.82 Å². The molecule has 3 nitrogen and oxygen atoms in total. The molecule has 0 aromatic carbocycles. The highest BCUT2D eigenvalue weighted by molar-refractivity contribution is 5.37. The molecule has 0 unspecified atom stereocenters. The second kappa shape index (κ2) is 5.59. The average molecular weight is 207 g/mol. The van der Waals surface area contributed by atoms with Crippen molar-refractivity contribution in [3.8, 4) is 0 Å². The number of anilines is 1. The second-order valence-electron chi connectivity index (χ2n) is 3.91. The number of nitrogens with zero attached hydrogens (tertiary/aromatic N) is 2. The van der Waals surface area contributed by atoms with Crippen LogP contribution in [0.5, 0.6) is 0 Å². The molecule has 0 fully saturated rings. The number of rotatable bonds is 6. The van der Waals surface area contributed by atoms with E-state index >= 15 is 0 Å². The van der Waals surface area contributed by atoms with Gasteiger partial charge in [-0.1, -0.05) is 13.0 Å². The van der Waals surface area contributed by atoms with Crippen LogP contribution in [0, 0.1) is 0 Å². The van der Waals surface area contributed by atoms with E-state index in [1.165, 1.54) is 0 Å². The first-order chi connectivity index (χ1) is 7.17. The molecule has 1 rings (SSSR count). The molecule has 1 aromatic rings. The van der Waals surface area contributed by atoms with Gasteiger partial charge in [-0.2, -0.15) is 5.10 Å². The number of nitrogens with one attached hydrogen (secondary N) is 1. The van der Waals surface area contributed by atoms with Gasteiger partial charge in [0.15, 0.2) is 0 Å². The van der Waals surface area contributed by atoms with Gasteiger partial charge in [0, 0.05) is 19.2 Å². The molecule has 1 N–H and O–H groups in total. The lowest BCUT2D eigenvalue weighted by atomic mass is 10.2. The largest absolute Gasteiger partial charge is 0.368 e. The molecule has 0 amide bonds. The van der Waals surface area contributed by atoms with E-state index in [0.717, 1.165) is 30.8 Å². The molecule has 0 aliphatic heterocycles. The molecule has 15 heavy (non-hydrogen) atoms. The van der Waals surface area contributed by atoms with Crippen LogP contribution in [0.15, 0.2) is 18.7 Å². The van der Waals surface area contributed by atoms with Gasteiger partial charge in [-0.25, -0.2) is 0 Å². The van der Waals surface area contributed by atoms with Crippen LogP contribution in [0.4, 0.5) is 5.82 Å². The molecule has 0 radical (unpaired) electrons. The Morgan fingerprint density at radius 3 is 2.93 bits per heavy atom. The summed E-state index contributed by atoms with van der Waals surface area (Å²) in [6.07, 6.45) is 5.10. The summed E-state index contributed by atoms with van der Waals surface area (Å²) in [4.78, 5) is 0. The van der Waals surface area contributed by atoms with Gasteiger partial charge >= 0.3 is 0 Å². The fourth-order valence-electron chi connectivity index (χ4n) is 1.53. The van der Waals surface area contributed by atoms with Crippen LogP contribution in [-0.2, 0) is 13.5 Å². The van der Waals surface area contributed by atoms with Crippen molar-refractivity contribution in [3.05, 3.63) is 24.4 Å². The molecule has 1 heterocycles. The minimum absolute atomic E-state index is 0.461. The highest BCUT2D eigenvalue weighted by Crippen LogP contribution is 2.12. The predicted molar refractivity (Wildman–Crippen MR) is 65.1 cm³/mol. The molecule has 0 aliphatic rings. The van der Waals surface area contributed by atoms with Gasteiger partial charge in [0.05, 0.1) is 5.69 Å². The molecule has 0 bridgehead atoms. The van der Waals surface area contributed by atoms with Crippen molar-refractivity contribution in [3.63, 3.8) is 0 Å². The van der Waals surface area contributed by atoms with Gasteiger partial charge < -0.3 is 5.32 Å². The van der Waals surface area contributed by atoms with Gasteiger partial charge in [-0.15, -0.1) is 6.58 Å². The Morgan fingerprint density at radius 1 is 1.67 bits per heavy atom. The number of hydrogen-bond donors (Lipinski definition) is 1. The lowest BCUT2D eigenvalue weighted by molar-refractivity contribution is 0.688. The molecule has 3 heteroatoms. The average Bonchev–Trinajstić information content (AvgIpc) is 2.57. The topological polar surface area (TPSA) is 29.9 Å². The highest BCUT2D eigenvalue weighted by atomic mass is 15.3. The summed E-state index contributed by atoms with van der Waals surface area (Å²) in [5, 5.41) is 7.85. The maximum absolute atomic E-state index is 4.40. The fourth-order valence-corrected chi connectivity index (χ4v) is 1.53. The first-order valence-corrected chi connectivity index (χ1v) is 5.57. The maximum atomic E-state index is 4.40. The highest BCUT2D eigenvalue weighted by Gasteiger charge is 2.06. The summed E-state index contributed by atoms with van der Waals surface area (Å²) in [6.45, 7) is 8.03. The van der Waals surface area contributed by atoms with Gasteiger partial charge in [-0.3, -0.25) is 4.68 Å². The zero-order valence-electron chi connectivity index (χ0n) is 9.95. The van der Waals surface area contributed by atoms with Gasteiger partial charge in [0.25, 0.3) is 0 Å². The smallest absolute Gasteiger partial charge is 0.124 e. The van der Waals surface area contributed by atoms with Gasteiger partial charge in [0.1, 0.15) is 5.82 Å². The molecule has 0 spiro atoms. The van der Waals surface area contributed by atoms with E-state index in [2.05, 4.69) is 36.9 Å². The Balaban J connectivity index is 2.55. The summed E-state index contributed by atoms with van der Waals surface area (Å²) in [5.41, 5.74) is 1.14. The molecule has 0 aliphatic carbocycles. The van der Waals surface area contributed by atoms with Crippen LogP contribution >= 0.6 is 0 Å². The van der Waals surface area contributed by atoms with E-state index in [-0.39, 0.29) is 0 Å². The minimum atomic E-state index is 0.461. The van der Waals surface area contributed by atoms with E-state index in [1.807, 2.05) is 17.8 Å². The van der Waals surface area contributed by atoms with Crippen LogP contribution < -0.4 is 5.32 Å². The lowest BCUT2D eigenvalue weighted by Gasteiger charge is -2.13. The summed E-state index contributed by atoms with van der Waals surface area (Å²) >= 11 is 0. The van der Waals surface area contributed by atoms with Crippen molar-refractivity contribution in [2.24, 2.45) is 7.05 Å². The Morgan fingerprint density at radius 2 is 2.40 bits per heavy atom. The Labute approximate surface area is 92.2 Å². The number of allylic oxidation sites excluding steroid dienone is 1. The third-order valence-corrected chi connectivity index (χ3v) is 2.49. The molecule has 84 valence electrons. The van der Waals surface area contributed by atoms with Crippen molar-refractivity contribution in [1.29, 1.82) is 0 Å². The molecule has 1 atom stereocenters. The standard InChI is InChI=1S/C12H21N3/c1-5-7-8-10(3)13-12-9-11(6-2)14-15(12)4/h5,9-10,13H,1,6-8H2,2-4H3/t10-/m0/s1. The molecular weight excluding hydrogens is 186 g/mol. The molecule has 0 saturated carbocycles. The van der Waals surface area contributed by atoms with E-state index in [4.69, 9.17) is 0 Å². The fraction of sp³-hybridized carbons (Fsp3) is 0.583. The predicted octanol–water partition coefficient (Wildman–Crippen LogP) is 2.75. The van der Waals surface area contributed by atoms with Crippen molar-refractivity contribution in [2.75, 3.05) is 5.32 Å². The molecule has 1 aromatic heterocycles. The van der Waals surface area contributed by atoms with Gasteiger partial charge in [0.2, 0.25) is 0 Å². The first-order valence-electron chi connectivity index (χ1n) is 5.57. The minimum Gasteiger partial charge on any atom is -0.368 e. The maximum Gasteiger partial charge on any atom is 0.124 e. The summed E-state index contributed by atoms with van der Waals surface area (Å²) in [6, 6.07) is 2.58. The zero-order chi connectivity index (χ0) is 11.3. The second-order valence-corrected chi connectivity index (χ2v) is 3.91. The van der Waals surface area contributed by atoms with Crippen LogP contribution in [-0.4, -0.2) is 15.8 Å². The van der Waals surface area contributed by atoms with Crippen molar-refractivity contribution in [2.45, 2.75) is 39.2 Å². The van der Waals surface area contributed by atoms with Crippen molar-refractivity contribution < 1.29 is 0 Å². The monoisotopic (exact) mass is 207 g/mol. The number of hydrogen-bond acceptors (Lipinski definition) is 2. The third-order valence-electron chi connectivity index (χ3n) is 2.49. The third kappa shape index (κ3) is 3.42. The molecule has 0 saturated heterocycles. The van der Waals surface area contributed by atoms with Crippen LogP contribution in [0.1, 0.15) is 32.4 Å². The SMILES string of the molecule is C=CCC[C@H](C)Nc1cc(CC)nn1C. The van der Waals surface area contributed by atoms with E-state index in [1.54, 1.807) is 0 Å². The number of aryl methyl sites for hydroxylation is 2. The zero-order valence-corrected chi connectivity index (χ0v) is 9.95. The number of aromatic nitrogens is 2. The Bertz CT molecular complexity index is 315. The van der Waals surface area contributed by atoms with Crippen LogP contribution in [0.3, 0.4) is 0 Å². The molecular formula is C12H21N3. The Kier molecular flexibility index (Phi) is 4.40. The summed E-state index contributed by atoms with van der Waals surface area (Å²) < 4.78 is 1.91. The quantitative estimate of drug-likeness (QED) is 0.727. The van der Waals surface area contributed by atoms with E-state index in [9.17, 15) is 0 Å². The van der Waals surface area contributed by atoms with Gasteiger partial charge in [-0.05, 0) is 26.2 Å². The summed E-state index contributed by atoms with van der Waals surface area (Å²) in [5.74, 6) is 1.10. The summed E-state index contributed by atoms with van der Waals surface area (Å²) in [7, 11) is 1.97. The normalized spacial score (nSPS) is 12.5. The van der Waals surface area contributed by atoms with E-state index in [0.29, 0.717) is 6.04 Å². The van der Waals surface area contributed by atoms with Crippen molar-refractivity contribution in [1.82, 2.24) is 9.78 Å². The van der Waals surface area contributed by atoms with Crippen LogP contribution in [0.2, 0.25) is 0 Å².